The Morgan fingerprint density at radius 2 is 1.71 bits per heavy atom. The Bertz CT molecular complexity index is 1060. The first-order valence-electron chi connectivity index (χ1n) is 9.02. The molecule has 3 aromatic rings. The van der Waals surface area contributed by atoms with Crippen LogP contribution in [0.3, 0.4) is 0 Å². The number of nitrogen functional groups attached to an aromatic ring is 1. The number of rotatable bonds is 8. The van der Waals surface area contributed by atoms with E-state index in [-0.39, 0.29) is 29.4 Å². The molecule has 160 valence electrons. The van der Waals surface area contributed by atoms with E-state index in [1.54, 1.807) is 36.4 Å². The summed E-state index contributed by atoms with van der Waals surface area (Å²) >= 11 is 1.30. The topological polar surface area (TPSA) is 132 Å². The second kappa shape index (κ2) is 10.3. The SMILES string of the molecule is COC(=O)c1ccc(NC(=O)CSCc2nc(N)nc(Nc3ccc(F)cc3)n2)cc1. The van der Waals surface area contributed by atoms with Crippen molar-refractivity contribution in [1.82, 2.24) is 15.0 Å². The van der Waals surface area contributed by atoms with E-state index in [0.717, 1.165) is 0 Å². The third-order valence-corrected chi connectivity index (χ3v) is 4.78. The summed E-state index contributed by atoms with van der Waals surface area (Å²) in [5.74, 6) is 0.133. The van der Waals surface area contributed by atoms with E-state index in [1.165, 1.54) is 31.0 Å². The predicted octanol–water partition coefficient (Wildman–Crippen LogP) is 3.00. The van der Waals surface area contributed by atoms with Crippen LogP contribution in [0.4, 0.5) is 27.7 Å². The lowest BCUT2D eigenvalue weighted by molar-refractivity contribution is -0.113. The first-order valence-corrected chi connectivity index (χ1v) is 10.2. The van der Waals surface area contributed by atoms with Crippen LogP contribution >= 0.6 is 11.8 Å². The van der Waals surface area contributed by atoms with Crippen LogP contribution in [0.5, 0.6) is 0 Å². The Labute approximate surface area is 181 Å². The number of esters is 1. The lowest BCUT2D eigenvalue weighted by Gasteiger charge is -2.08. The maximum atomic E-state index is 13.0. The fraction of sp³-hybridized carbons (Fsp3) is 0.150. The number of carbonyl (C=O) groups excluding carboxylic acids is 2. The second-order valence-corrected chi connectivity index (χ2v) is 7.16. The number of ether oxygens (including phenoxy) is 1. The number of methoxy groups -OCH3 is 1. The number of nitrogens with zero attached hydrogens (tertiary/aromatic N) is 3. The Morgan fingerprint density at radius 1 is 1.03 bits per heavy atom. The van der Waals surface area contributed by atoms with E-state index in [0.29, 0.717) is 28.5 Å². The summed E-state index contributed by atoms with van der Waals surface area (Å²) in [6.07, 6.45) is 0. The molecule has 0 radical (unpaired) electrons. The van der Waals surface area contributed by atoms with Crippen LogP contribution in [0.2, 0.25) is 0 Å². The van der Waals surface area contributed by atoms with Gasteiger partial charge in [-0.1, -0.05) is 0 Å². The summed E-state index contributed by atoms with van der Waals surface area (Å²) in [6, 6.07) is 12.1. The predicted molar refractivity (Wildman–Crippen MR) is 116 cm³/mol. The van der Waals surface area contributed by atoms with E-state index in [2.05, 4.69) is 30.3 Å². The molecule has 0 saturated heterocycles. The number of carbonyl (C=O) groups is 2. The van der Waals surface area contributed by atoms with E-state index >= 15 is 0 Å². The van der Waals surface area contributed by atoms with E-state index < -0.39 is 5.97 Å². The molecule has 1 amide bonds. The number of aromatic nitrogens is 3. The molecule has 0 bridgehead atoms. The van der Waals surface area contributed by atoms with Gasteiger partial charge in [-0.05, 0) is 48.5 Å². The van der Waals surface area contributed by atoms with Crippen LogP contribution in [0.25, 0.3) is 0 Å². The highest BCUT2D eigenvalue weighted by molar-refractivity contribution is 7.99. The van der Waals surface area contributed by atoms with Crippen molar-refractivity contribution < 1.29 is 18.7 Å². The lowest BCUT2D eigenvalue weighted by atomic mass is 10.2. The highest BCUT2D eigenvalue weighted by atomic mass is 32.2. The minimum absolute atomic E-state index is 0.0327. The van der Waals surface area contributed by atoms with Crippen LogP contribution in [0.1, 0.15) is 16.2 Å². The van der Waals surface area contributed by atoms with Gasteiger partial charge in [0.1, 0.15) is 11.6 Å². The normalized spacial score (nSPS) is 10.4. The number of hydrogen-bond acceptors (Lipinski definition) is 9. The Balaban J connectivity index is 1.51. The van der Waals surface area contributed by atoms with Crippen molar-refractivity contribution in [3.63, 3.8) is 0 Å². The number of anilines is 4. The molecule has 9 nitrogen and oxygen atoms in total. The number of thioether (sulfide) groups is 1. The zero-order chi connectivity index (χ0) is 22.2. The van der Waals surface area contributed by atoms with Crippen molar-refractivity contribution >= 4 is 46.9 Å². The van der Waals surface area contributed by atoms with Crippen molar-refractivity contribution in [3.05, 3.63) is 65.7 Å². The average molecular weight is 442 g/mol. The molecule has 2 aromatic carbocycles. The molecule has 11 heteroatoms. The Kier molecular flexibility index (Phi) is 7.33. The summed E-state index contributed by atoms with van der Waals surface area (Å²) in [5.41, 5.74) is 7.29. The van der Waals surface area contributed by atoms with Crippen molar-refractivity contribution in [2.45, 2.75) is 5.75 Å². The maximum Gasteiger partial charge on any atom is 0.337 e. The number of amides is 1. The molecule has 0 atom stereocenters. The van der Waals surface area contributed by atoms with Gasteiger partial charge in [0.25, 0.3) is 0 Å². The monoisotopic (exact) mass is 442 g/mol. The number of hydrogen-bond donors (Lipinski definition) is 3. The third kappa shape index (κ3) is 6.64. The highest BCUT2D eigenvalue weighted by Gasteiger charge is 2.09. The summed E-state index contributed by atoms with van der Waals surface area (Å²) in [4.78, 5) is 35.9. The average Bonchev–Trinajstić information content (AvgIpc) is 2.75. The van der Waals surface area contributed by atoms with E-state index in [9.17, 15) is 14.0 Å². The molecule has 0 aliphatic rings. The first-order chi connectivity index (χ1) is 14.9. The van der Waals surface area contributed by atoms with Crippen molar-refractivity contribution in [2.24, 2.45) is 0 Å². The number of nitrogens with two attached hydrogens (primary N) is 1. The molecule has 0 fully saturated rings. The van der Waals surface area contributed by atoms with Gasteiger partial charge < -0.3 is 21.1 Å². The van der Waals surface area contributed by atoms with Crippen LogP contribution in [-0.2, 0) is 15.3 Å². The van der Waals surface area contributed by atoms with Crippen LogP contribution < -0.4 is 16.4 Å². The molecular formula is C20H19FN6O3S. The maximum absolute atomic E-state index is 13.0. The summed E-state index contributed by atoms with van der Waals surface area (Å²) in [6.45, 7) is 0. The summed E-state index contributed by atoms with van der Waals surface area (Å²) < 4.78 is 17.7. The molecule has 0 saturated carbocycles. The smallest absolute Gasteiger partial charge is 0.337 e. The van der Waals surface area contributed by atoms with Crippen LogP contribution in [0.15, 0.2) is 48.5 Å². The van der Waals surface area contributed by atoms with Gasteiger partial charge in [0, 0.05) is 11.4 Å². The first kappa shape index (κ1) is 22.0. The highest BCUT2D eigenvalue weighted by Crippen LogP contribution is 2.17. The second-order valence-electron chi connectivity index (χ2n) is 6.18. The summed E-state index contributed by atoms with van der Waals surface area (Å²) in [7, 11) is 1.30. The minimum Gasteiger partial charge on any atom is -0.465 e. The molecule has 0 spiro atoms. The molecule has 3 rings (SSSR count). The molecule has 0 aliphatic heterocycles. The van der Waals surface area contributed by atoms with Crippen molar-refractivity contribution in [1.29, 1.82) is 0 Å². The van der Waals surface area contributed by atoms with Gasteiger partial charge in [-0.25, -0.2) is 9.18 Å². The molecule has 1 aromatic heterocycles. The largest absolute Gasteiger partial charge is 0.465 e. The number of halogens is 1. The molecule has 4 N–H and O–H groups in total. The third-order valence-electron chi connectivity index (χ3n) is 3.85. The minimum atomic E-state index is -0.446. The lowest BCUT2D eigenvalue weighted by Crippen LogP contribution is -2.14. The zero-order valence-electron chi connectivity index (χ0n) is 16.5. The van der Waals surface area contributed by atoms with Crippen LogP contribution in [-0.4, -0.2) is 39.7 Å². The van der Waals surface area contributed by atoms with E-state index in [1.807, 2.05) is 0 Å². The molecular weight excluding hydrogens is 423 g/mol. The molecule has 31 heavy (non-hydrogen) atoms. The van der Waals surface area contributed by atoms with Gasteiger partial charge in [0.15, 0.2) is 0 Å². The van der Waals surface area contributed by atoms with Gasteiger partial charge in [0.05, 0.1) is 24.2 Å². The molecule has 1 heterocycles. The van der Waals surface area contributed by atoms with Crippen molar-refractivity contribution in [2.75, 3.05) is 29.2 Å². The van der Waals surface area contributed by atoms with E-state index in [4.69, 9.17) is 5.73 Å². The molecule has 0 aliphatic carbocycles. The van der Waals surface area contributed by atoms with Gasteiger partial charge in [-0.2, -0.15) is 15.0 Å². The number of nitrogens with one attached hydrogen (secondary N) is 2. The fourth-order valence-electron chi connectivity index (χ4n) is 2.46. The zero-order valence-corrected chi connectivity index (χ0v) is 17.3. The Morgan fingerprint density at radius 3 is 2.39 bits per heavy atom. The number of benzene rings is 2. The van der Waals surface area contributed by atoms with Gasteiger partial charge in [0.2, 0.25) is 17.8 Å². The molecule has 0 unspecified atom stereocenters. The standard InChI is InChI=1S/C20H19FN6O3S/c1-30-18(29)12-2-6-14(7-3-12)23-17(28)11-31-10-16-25-19(22)27-20(26-16)24-15-8-4-13(21)5-9-15/h2-9H,10-11H2,1H3,(H,23,28)(H3,22,24,25,26,27). The van der Waals surface area contributed by atoms with Gasteiger partial charge in [-0.3, -0.25) is 4.79 Å². The summed E-state index contributed by atoms with van der Waals surface area (Å²) in [5, 5.41) is 5.67. The van der Waals surface area contributed by atoms with Crippen molar-refractivity contribution in [3.8, 4) is 0 Å². The van der Waals surface area contributed by atoms with Gasteiger partial charge >= 0.3 is 5.97 Å². The Hall–Kier alpha value is -3.73. The van der Waals surface area contributed by atoms with Crippen LogP contribution in [0, 0.1) is 5.82 Å². The quantitative estimate of drug-likeness (QED) is 0.450. The van der Waals surface area contributed by atoms with Gasteiger partial charge in [-0.15, -0.1) is 11.8 Å². The fourth-order valence-corrected chi connectivity index (χ4v) is 3.13.